The number of nitrogens with zero attached hydrogens (tertiary/aromatic N) is 2. The van der Waals surface area contributed by atoms with Crippen molar-refractivity contribution < 1.29 is 19.2 Å². The molecule has 0 saturated carbocycles. The van der Waals surface area contributed by atoms with E-state index in [1.54, 1.807) is 9.80 Å². The molecule has 18 heavy (non-hydrogen) atoms. The smallest absolute Gasteiger partial charge is 0.251 e. The van der Waals surface area contributed by atoms with Crippen LogP contribution in [0.3, 0.4) is 0 Å². The van der Waals surface area contributed by atoms with Gasteiger partial charge in [0.15, 0.2) is 0 Å². The van der Waals surface area contributed by atoms with Crippen LogP contribution in [0.15, 0.2) is 0 Å². The number of nitrogens with one attached hydrogen (secondary N) is 2. The van der Waals surface area contributed by atoms with Gasteiger partial charge in [-0.25, -0.2) is 0 Å². The summed E-state index contributed by atoms with van der Waals surface area (Å²) >= 11 is 0. The van der Waals surface area contributed by atoms with Crippen LogP contribution in [0.4, 0.5) is 0 Å². The molecule has 2 fully saturated rings. The van der Waals surface area contributed by atoms with Crippen LogP contribution in [0.25, 0.3) is 0 Å². The summed E-state index contributed by atoms with van der Waals surface area (Å²) in [5.74, 6) is -2.13. The molecule has 2 aliphatic rings. The van der Waals surface area contributed by atoms with E-state index in [9.17, 15) is 19.2 Å². The molecule has 2 rings (SSSR count). The van der Waals surface area contributed by atoms with Crippen molar-refractivity contribution in [3.63, 3.8) is 0 Å². The Morgan fingerprint density at radius 3 is 2.22 bits per heavy atom. The molecule has 0 atom stereocenters. The first kappa shape index (κ1) is 12.3. The summed E-state index contributed by atoms with van der Waals surface area (Å²) in [4.78, 5) is 48.1. The van der Waals surface area contributed by atoms with Crippen molar-refractivity contribution in [2.24, 2.45) is 5.92 Å². The van der Waals surface area contributed by atoms with Crippen LogP contribution in [-0.2, 0) is 19.2 Å². The summed E-state index contributed by atoms with van der Waals surface area (Å²) in [7, 11) is 0. The summed E-state index contributed by atoms with van der Waals surface area (Å²) < 4.78 is 0. The van der Waals surface area contributed by atoms with Gasteiger partial charge in [-0.1, -0.05) is 0 Å². The maximum atomic E-state index is 11.9. The van der Waals surface area contributed by atoms with Gasteiger partial charge < -0.3 is 9.80 Å². The molecule has 0 aromatic carbocycles. The van der Waals surface area contributed by atoms with E-state index in [1.165, 1.54) is 0 Å². The van der Waals surface area contributed by atoms with E-state index >= 15 is 0 Å². The predicted molar refractivity (Wildman–Crippen MR) is 58.6 cm³/mol. The van der Waals surface area contributed by atoms with Crippen LogP contribution in [-0.4, -0.2) is 60.1 Å². The second-order valence-corrected chi connectivity index (χ2v) is 4.26. The number of piperazine rings is 1. The molecular formula is C10H14N4O4. The summed E-state index contributed by atoms with van der Waals surface area (Å²) in [5, 5.41) is 0. The highest BCUT2D eigenvalue weighted by atomic mass is 16.2. The highest BCUT2D eigenvalue weighted by molar-refractivity contribution is 6.07. The maximum absolute atomic E-state index is 11.9. The van der Waals surface area contributed by atoms with Gasteiger partial charge in [-0.3, -0.25) is 30.0 Å². The lowest BCUT2D eigenvalue weighted by Crippen LogP contribution is -2.48. The minimum atomic E-state index is -0.943. The first-order valence-corrected chi connectivity index (χ1v) is 5.68. The van der Waals surface area contributed by atoms with Gasteiger partial charge in [-0.15, -0.1) is 0 Å². The van der Waals surface area contributed by atoms with Crippen molar-refractivity contribution in [1.82, 2.24) is 20.7 Å². The Morgan fingerprint density at radius 1 is 1.17 bits per heavy atom. The van der Waals surface area contributed by atoms with Crippen molar-refractivity contribution in [2.45, 2.75) is 6.42 Å². The highest BCUT2D eigenvalue weighted by Gasteiger charge is 2.36. The van der Waals surface area contributed by atoms with E-state index in [4.69, 9.17) is 0 Å². The number of hydrazine groups is 1. The van der Waals surface area contributed by atoms with Crippen molar-refractivity contribution in [3.05, 3.63) is 0 Å². The molecule has 2 heterocycles. The summed E-state index contributed by atoms with van der Waals surface area (Å²) in [5.41, 5.74) is 4.36. The van der Waals surface area contributed by atoms with E-state index in [0.29, 0.717) is 26.2 Å². The predicted octanol–water partition coefficient (Wildman–Crippen LogP) is -2.55. The molecule has 0 bridgehead atoms. The zero-order valence-corrected chi connectivity index (χ0v) is 9.72. The first-order chi connectivity index (χ1) is 8.61. The molecule has 98 valence electrons. The molecule has 0 radical (unpaired) electrons. The fraction of sp³-hybridized carbons (Fsp3) is 0.600. The molecule has 4 amide bonds. The maximum Gasteiger partial charge on any atom is 0.251 e. The van der Waals surface area contributed by atoms with Gasteiger partial charge in [-0.05, 0) is 0 Å². The molecule has 0 spiro atoms. The molecule has 2 saturated heterocycles. The molecule has 0 aliphatic carbocycles. The second kappa shape index (κ2) is 5.03. The van der Waals surface area contributed by atoms with Crippen molar-refractivity contribution in [1.29, 1.82) is 0 Å². The zero-order valence-electron chi connectivity index (χ0n) is 9.72. The lowest BCUT2D eigenvalue weighted by Gasteiger charge is -2.32. The van der Waals surface area contributed by atoms with Gasteiger partial charge >= 0.3 is 0 Å². The fourth-order valence-electron chi connectivity index (χ4n) is 1.98. The largest absolute Gasteiger partial charge is 0.342 e. The summed E-state index contributed by atoms with van der Waals surface area (Å²) in [6, 6.07) is 0. The number of hydrogen-bond acceptors (Lipinski definition) is 4. The Kier molecular flexibility index (Phi) is 3.45. The first-order valence-electron chi connectivity index (χ1n) is 5.68. The minimum absolute atomic E-state index is 0.126. The van der Waals surface area contributed by atoms with Crippen molar-refractivity contribution in [2.75, 3.05) is 26.2 Å². The average molecular weight is 254 g/mol. The van der Waals surface area contributed by atoms with Crippen LogP contribution >= 0.6 is 0 Å². The topological polar surface area (TPSA) is 98.8 Å². The van der Waals surface area contributed by atoms with Crippen LogP contribution in [0.5, 0.6) is 0 Å². The van der Waals surface area contributed by atoms with Crippen molar-refractivity contribution in [3.8, 4) is 0 Å². The Balaban J connectivity index is 1.87. The van der Waals surface area contributed by atoms with Gasteiger partial charge in [0, 0.05) is 32.6 Å². The third-order valence-corrected chi connectivity index (χ3v) is 3.14. The number of carbonyl (C=O) groups is 4. The lowest BCUT2D eigenvalue weighted by molar-refractivity contribution is -0.140. The SMILES string of the molecule is O=CN1CCN(C(=O)CC2C(=O)NNC2=O)CC1. The second-order valence-electron chi connectivity index (χ2n) is 4.26. The molecule has 0 unspecified atom stereocenters. The van der Waals surface area contributed by atoms with Crippen LogP contribution in [0, 0.1) is 5.92 Å². The number of carbonyl (C=O) groups excluding carboxylic acids is 4. The minimum Gasteiger partial charge on any atom is -0.342 e. The van der Waals surface area contributed by atoms with Gasteiger partial charge in [-0.2, -0.15) is 0 Å². The molecular weight excluding hydrogens is 240 g/mol. The monoisotopic (exact) mass is 254 g/mol. The Morgan fingerprint density at radius 2 is 1.72 bits per heavy atom. The van der Waals surface area contributed by atoms with E-state index in [1.807, 2.05) is 0 Å². The number of rotatable bonds is 3. The summed E-state index contributed by atoms with van der Waals surface area (Å²) in [6.45, 7) is 1.84. The zero-order chi connectivity index (χ0) is 13.1. The molecule has 8 nitrogen and oxygen atoms in total. The number of hydrogen-bond donors (Lipinski definition) is 2. The van der Waals surface area contributed by atoms with Crippen LogP contribution in [0.2, 0.25) is 0 Å². The fourth-order valence-corrected chi connectivity index (χ4v) is 1.98. The molecule has 8 heteroatoms. The quantitative estimate of drug-likeness (QED) is 0.428. The standard InChI is InChI=1S/C10H14N4O4/c15-6-13-1-3-14(4-2-13)8(16)5-7-9(17)11-12-10(7)18/h6-7H,1-5H2,(H,11,17)(H,12,18). The Hall–Kier alpha value is -2.12. The third-order valence-electron chi connectivity index (χ3n) is 3.14. The lowest BCUT2D eigenvalue weighted by atomic mass is 10.0. The molecule has 0 aromatic heterocycles. The third kappa shape index (κ3) is 2.41. The van der Waals surface area contributed by atoms with Gasteiger partial charge in [0.05, 0.1) is 0 Å². The van der Waals surface area contributed by atoms with E-state index in [2.05, 4.69) is 10.9 Å². The van der Waals surface area contributed by atoms with Gasteiger partial charge in [0.25, 0.3) is 11.8 Å². The molecule has 2 aliphatic heterocycles. The van der Waals surface area contributed by atoms with Crippen LogP contribution < -0.4 is 10.9 Å². The van der Waals surface area contributed by atoms with Crippen molar-refractivity contribution >= 4 is 24.1 Å². The number of amides is 4. The Bertz CT molecular complexity index is 373. The van der Waals surface area contributed by atoms with E-state index < -0.39 is 17.7 Å². The van der Waals surface area contributed by atoms with Gasteiger partial charge in [0.2, 0.25) is 12.3 Å². The van der Waals surface area contributed by atoms with Gasteiger partial charge in [0.1, 0.15) is 5.92 Å². The molecule has 0 aromatic rings. The van der Waals surface area contributed by atoms with Crippen LogP contribution in [0.1, 0.15) is 6.42 Å². The molecule has 2 N–H and O–H groups in total. The normalized spacial score (nSPS) is 20.7. The summed E-state index contributed by atoms with van der Waals surface area (Å²) in [6.07, 6.45) is 0.623. The van der Waals surface area contributed by atoms with E-state index in [0.717, 1.165) is 6.41 Å². The average Bonchev–Trinajstić information content (AvgIpc) is 2.70. The highest BCUT2D eigenvalue weighted by Crippen LogP contribution is 2.11. The Labute approximate surface area is 103 Å². The van der Waals surface area contributed by atoms with E-state index in [-0.39, 0.29) is 12.3 Å².